The maximum atomic E-state index is 12.2. The molecular weight excluding hydrogens is 278 g/mol. The highest BCUT2D eigenvalue weighted by Gasteiger charge is 2.25. The number of fused-ring (bicyclic) bond motifs is 1. The lowest BCUT2D eigenvalue weighted by molar-refractivity contribution is -0.389. The maximum Gasteiger partial charge on any atom is 0.366 e. The second-order valence-corrected chi connectivity index (χ2v) is 6.19. The maximum absolute atomic E-state index is 12.2. The molecule has 2 rings (SSSR count). The molecule has 106 valence electrons. The number of hydrogen-bond acceptors (Lipinski definition) is 5. The van der Waals surface area contributed by atoms with Crippen LogP contribution in [-0.2, 0) is 0 Å². The van der Waals surface area contributed by atoms with E-state index in [1.54, 1.807) is 18.2 Å². The van der Waals surface area contributed by atoms with E-state index in [1.165, 1.54) is 22.4 Å². The molecule has 0 spiro atoms. The van der Waals surface area contributed by atoms with E-state index in [0.29, 0.717) is 11.6 Å². The molecular formula is C13H15N3O3S. The van der Waals surface area contributed by atoms with Gasteiger partial charge in [-0.15, -0.1) is 0 Å². The Kier molecular flexibility index (Phi) is 4.08. The minimum absolute atomic E-state index is 0.131. The second kappa shape index (κ2) is 5.62. The van der Waals surface area contributed by atoms with Crippen LogP contribution < -0.4 is 5.56 Å². The molecule has 0 N–H and O–H groups in total. The zero-order valence-corrected chi connectivity index (χ0v) is 12.3. The summed E-state index contributed by atoms with van der Waals surface area (Å²) in [7, 11) is 0. The Labute approximate surface area is 120 Å². The number of pyridine rings is 1. The molecule has 7 heteroatoms. The smallest absolute Gasteiger partial charge is 0.262 e. The lowest BCUT2D eigenvalue weighted by Crippen LogP contribution is -2.20. The van der Waals surface area contributed by atoms with E-state index in [1.807, 2.05) is 20.8 Å². The van der Waals surface area contributed by atoms with Gasteiger partial charge in [-0.25, -0.2) is 4.98 Å². The van der Waals surface area contributed by atoms with Crippen LogP contribution in [0.1, 0.15) is 20.8 Å². The Morgan fingerprint density at radius 3 is 2.65 bits per heavy atom. The number of thioether (sulfide) groups is 1. The highest BCUT2D eigenvalue weighted by atomic mass is 32.2. The van der Waals surface area contributed by atoms with Crippen LogP contribution in [0.2, 0.25) is 0 Å². The van der Waals surface area contributed by atoms with Gasteiger partial charge in [0.2, 0.25) is 0 Å². The number of rotatable bonds is 4. The standard InChI is InChI=1S/C13H15N3O3S/c1-8(2)9(3)20-12-11(16(18)19)13(17)15-7-5-4-6-10(15)14-12/h4-9H,1-3H3/t9-/m1/s1. The first-order chi connectivity index (χ1) is 9.41. The molecule has 20 heavy (non-hydrogen) atoms. The van der Waals surface area contributed by atoms with E-state index >= 15 is 0 Å². The van der Waals surface area contributed by atoms with Crippen molar-refractivity contribution in [3.63, 3.8) is 0 Å². The largest absolute Gasteiger partial charge is 0.366 e. The summed E-state index contributed by atoms with van der Waals surface area (Å²) in [5, 5.41) is 11.5. The lowest BCUT2D eigenvalue weighted by Gasteiger charge is -2.14. The molecule has 1 atom stereocenters. The fraction of sp³-hybridized carbons (Fsp3) is 0.385. The van der Waals surface area contributed by atoms with Gasteiger partial charge in [0.15, 0.2) is 5.03 Å². The zero-order valence-electron chi connectivity index (χ0n) is 11.4. The molecule has 0 aliphatic carbocycles. The summed E-state index contributed by atoms with van der Waals surface area (Å²) >= 11 is 1.27. The van der Waals surface area contributed by atoms with Crippen molar-refractivity contribution >= 4 is 23.1 Å². The van der Waals surface area contributed by atoms with Gasteiger partial charge in [-0.3, -0.25) is 19.3 Å². The molecule has 0 saturated heterocycles. The topological polar surface area (TPSA) is 77.5 Å². The molecule has 0 bridgehead atoms. The summed E-state index contributed by atoms with van der Waals surface area (Å²) in [6.07, 6.45) is 1.48. The van der Waals surface area contributed by atoms with Crippen LogP contribution >= 0.6 is 11.8 Å². The van der Waals surface area contributed by atoms with E-state index in [9.17, 15) is 14.9 Å². The number of nitrogens with zero attached hydrogens (tertiary/aromatic N) is 3. The monoisotopic (exact) mass is 293 g/mol. The Balaban J connectivity index is 2.66. The average molecular weight is 293 g/mol. The third-order valence-electron chi connectivity index (χ3n) is 3.10. The SMILES string of the molecule is CC(C)[C@@H](C)Sc1nc2ccccn2c(=O)c1[N+](=O)[O-]. The summed E-state index contributed by atoms with van der Waals surface area (Å²) in [6.45, 7) is 6.02. The molecule has 2 aromatic rings. The first kappa shape index (κ1) is 14.5. The lowest BCUT2D eigenvalue weighted by atomic mass is 10.2. The van der Waals surface area contributed by atoms with Crippen molar-refractivity contribution in [2.24, 2.45) is 5.92 Å². The molecule has 0 unspecified atom stereocenters. The summed E-state index contributed by atoms with van der Waals surface area (Å²) in [5.41, 5.74) is -0.674. The summed E-state index contributed by atoms with van der Waals surface area (Å²) in [5.74, 6) is 0.329. The fourth-order valence-electron chi connectivity index (χ4n) is 1.61. The van der Waals surface area contributed by atoms with Crippen LogP contribution in [0.15, 0.2) is 34.2 Å². The minimum Gasteiger partial charge on any atom is -0.262 e. The van der Waals surface area contributed by atoms with E-state index in [2.05, 4.69) is 4.98 Å². The molecule has 0 aromatic carbocycles. The highest BCUT2D eigenvalue weighted by Crippen LogP contribution is 2.31. The third kappa shape index (κ3) is 2.67. The summed E-state index contributed by atoms with van der Waals surface area (Å²) < 4.78 is 1.20. The van der Waals surface area contributed by atoms with Crippen LogP contribution in [0.25, 0.3) is 5.65 Å². The molecule has 6 nitrogen and oxygen atoms in total. The molecule has 2 aromatic heterocycles. The van der Waals surface area contributed by atoms with Gasteiger partial charge in [-0.2, -0.15) is 0 Å². The minimum atomic E-state index is -0.649. The van der Waals surface area contributed by atoms with Crippen molar-refractivity contribution in [3.8, 4) is 0 Å². The Morgan fingerprint density at radius 1 is 1.35 bits per heavy atom. The van der Waals surface area contributed by atoms with Gasteiger partial charge in [0.05, 0.1) is 4.92 Å². The summed E-state index contributed by atoms with van der Waals surface area (Å²) in [4.78, 5) is 27.0. The van der Waals surface area contributed by atoms with Gasteiger partial charge in [0, 0.05) is 11.4 Å². The number of nitro groups is 1. The highest BCUT2D eigenvalue weighted by molar-refractivity contribution is 8.00. The Morgan fingerprint density at radius 2 is 2.05 bits per heavy atom. The van der Waals surface area contributed by atoms with E-state index < -0.39 is 16.2 Å². The number of aromatic nitrogens is 2. The van der Waals surface area contributed by atoms with Crippen LogP contribution in [0.5, 0.6) is 0 Å². The van der Waals surface area contributed by atoms with E-state index in [-0.39, 0.29) is 10.3 Å². The first-order valence-corrected chi connectivity index (χ1v) is 7.12. The van der Waals surface area contributed by atoms with Gasteiger partial charge >= 0.3 is 11.2 Å². The van der Waals surface area contributed by atoms with Crippen molar-refractivity contribution in [1.82, 2.24) is 9.38 Å². The molecule has 0 amide bonds. The van der Waals surface area contributed by atoms with Crippen molar-refractivity contribution in [2.45, 2.75) is 31.0 Å². The van der Waals surface area contributed by atoms with Crippen molar-refractivity contribution in [2.75, 3.05) is 0 Å². The third-order valence-corrected chi connectivity index (χ3v) is 4.52. The van der Waals surface area contributed by atoms with Gasteiger partial charge in [0.1, 0.15) is 5.65 Å². The predicted octanol–water partition coefficient (Wildman–Crippen LogP) is 2.74. The molecule has 0 aliphatic rings. The van der Waals surface area contributed by atoms with Gasteiger partial charge in [-0.1, -0.05) is 38.6 Å². The van der Waals surface area contributed by atoms with Gasteiger partial charge in [-0.05, 0) is 18.1 Å². The van der Waals surface area contributed by atoms with Crippen LogP contribution in [0.4, 0.5) is 5.69 Å². The predicted molar refractivity (Wildman–Crippen MR) is 78.3 cm³/mol. The molecule has 2 heterocycles. The molecule has 0 aliphatic heterocycles. The van der Waals surface area contributed by atoms with Crippen LogP contribution in [-0.4, -0.2) is 19.6 Å². The van der Waals surface area contributed by atoms with Crippen molar-refractivity contribution in [3.05, 3.63) is 44.9 Å². The quantitative estimate of drug-likeness (QED) is 0.375. The summed E-state index contributed by atoms with van der Waals surface area (Å²) in [6, 6.07) is 5.05. The van der Waals surface area contributed by atoms with Crippen molar-refractivity contribution in [1.29, 1.82) is 0 Å². The number of hydrogen-bond donors (Lipinski definition) is 0. The van der Waals surface area contributed by atoms with Gasteiger partial charge < -0.3 is 0 Å². The second-order valence-electron chi connectivity index (χ2n) is 4.82. The van der Waals surface area contributed by atoms with E-state index in [4.69, 9.17) is 0 Å². The molecule has 0 saturated carbocycles. The molecule has 0 fully saturated rings. The Bertz CT molecular complexity index is 712. The van der Waals surface area contributed by atoms with Crippen LogP contribution in [0.3, 0.4) is 0 Å². The normalized spacial score (nSPS) is 12.8. The fourth-order valence-corrected chi connectivity index (χ4v) is 2.65. The van der Waals surface area contributed by atoms with Crippen LogP contribution in [0, 0.1) is 16.0 Å². The Hall–Kier alpha value is -1.89. The first-order valence-electron chi connectivity index (χ1n) is 6.24. The average Bonchev–Trinajstić information content (AvgIpc) is 2.38. The zero-order chi connectivity index (χ0) is 14.9. The van der Waals surface area contributed by atoms with Gasteiger partial charge in [0.25, 0.3) is 0 Å². The van der Waals surface area contributed by atoms with E-state index in [0.717, 1.165) is 0 Å². The van der Waals surface area contributed by atoms with Crippen molar-refractivity contribution < 1.29 is 4.92 Å². The molecule has 0 radical (unpaired) electrons.